The Morgan fingerprint density at radius 1 is 1.40 bits per heavy atom. The molecule has 0 N–H and O–H groups in total. The molecule has 1 aromatic heterocycles. The van der Waals surface area contributed by atoms with Crippen LogP contribution < -0.4 is 4.74 Å². The van der Waals surface area contributed by atoms with Crippen molar-refractivity contribution in [2.75, 3.05) is 6.61 Å². The summed E-state index contributed by atoms with van der Waals surface area (Å²) in [5.74, 6) is 0.926. The molecule has 3 nitrogen and oxygen atoms in total. The van der Waals surface area contributed by atoms with Gasteiger partial charge in [-0.15, -0.1) is 0 Å². The highest BCUT2D eigenvalue weighted by Gasteiger charge is 1.97. The zero-order chi connectivity index (χ0) is 10.5. The van der Waals surface area contributed by atoms with Crippen molar-refractivity contribution in [1.82, 2.24) is 9.55 Å². The summed E-state index contributed by atoms with van der Waals surface area (Å²) in [5, 5.41) is 0. The van der Waals surface area contributed by atoms with E-state index in [4.69, 9.17) is 4.74 Å². The average Bonchev–Trinajstić information content (AvgIpc) is 2.71. The number of rotatable bonds is 4. The molecule has 0 aliphatic rings. The Labute approximate surface area is 89.3 Å². The van der Waals surface area contributed by atoms with E-state index >= 15 is 0 Å². The molecule has 3 heteroatoms. The number of hydrogen-bond donors (Lipinski definition) is 0. The maximum atomic E-state index is 5.44. The number of hydrogen-bond acceptors (Lipinski definition) is 2. The molecule has 2 aromatic rings. The van der Waals surface area contributed by atoms with Crippen molar-refractivity contribution in [3.8, 4) is 5.75 Å². The molecule has 0 amide bonds. The number of ether oxygens (including phenoxy) is 1. The van der Waals surface area contributed by atoms with Gasteiger partial charge >= 0.3 is 0 Å². The molecule has 1 aromatic carbocycles. The first kappa shape index (κ1) is 9.77. The molecule has 0 saturated carbocycles. The van der Waals surface area contributed by atoms with Crippen molar-refractivity contribution in [2.45, 2.75) is 13.5 Å². The van der Waals surface area contributed by atoms with Crippen LogP contribution in [-0.2, 0) is 6.54 Å². The molecular weight excluding hydrogens is 188 g/mol. The lowest BCUT2D eigenvalue weighted by molar-refractivity contribution is 0.340. The van der Waals surface area contributed by atoms with Crippen LogP contribution in [0.1, 0.15) is 12.5 Å². The van der Waals surface area contributed by atoms with Crippen LogP contribution in [0.3, 0.4) is 0 Å². The molecule has 0 saturated heterocycles. The average molecular weight is 202 g/mol. The molecule has 0 atom stereocenters. The Balaban J connectivity index is 2.11. The van der Waals surface area contributed by atoms with Crippen molar-refractivity contribution >= 4 is 0 Å². The van der Waals surface area contributed by atoms with E-state index in [0.29, 0.717) is 6.61 Å². The van der Waals surface area contributed by atoms with Crippen LogP contribution >= 0.6 is 0 Å². The van der Waals surface area contributed by atoms with E-state index < -0.39 is 0 Å². The molecule has 15 heavy (non-hydrogen) atoms. The zero-order valence-electron chi connectivity index (χ0n) is 8.76. The molecule has 0 radical (unpaired) electrons. The second-order valence-electron chi connectivity index (χ2n) is 3.32. The van der Waals surface area contributed by atoms with Gasteiger partial charge in [0.05, 0.1) is 12.9 Å². The van der Waals surface area contributed by atoms with E-state index in [1.807, 2.05) is 36.1 Å². The Morgan fingerprint density at radius 2 is 2.33 bits per heavy atom. The summed E-state index contributed by atoms with van der Waals surface area (Å²) in [6.45, 7) is 3.53. The largest absolute Gasteiger partial charge is 0.494 e. The van der Waals surface area contributed by atoms with Crippen LogP contribution in [0.4, 0.5) is 0 Å². The predicted octanol–water partition coefficient (Wildman–Crippen LogP) is 2.33. The standard InChI is InChI=1S/C12H14N2O/c1-2-15-12-5-3-4-11(8-12)9-14-7-6-13-10-14/h3-8,10H,2,9H2,1H3. The van der Waals surface area contributed by atoms with Crippen LogP contribution in [0.2, 0.25) is 0 Å². The lowest BCUT2D eigenvalue weighted by Crippen LogP contribution is -1.97. The molecule has 0 unspecified atom stereocenters. The van der Waals surface area contributed by atoms with Gasteiger partial charge in [-0.05, 0) is 24.6 Å². The minimum Gasteiger partial charge on any atom is -0.494 e. The van der Waals surface area contributed by atoms with E-state index in [0.717, 1.165) is 12.3 Å². The molecule has 1 heterocycles. The fraction of sp³-hybridized carbons (Fsp3) is 0.250. The van der Waals surface area contributed by atoms with Gasteiger partial charge in [0.15, 0.2) is 0 Å². The van der Waals surface area contributed by atoms with Crippen molar-refractivity contribution in [2.24, 2.45) is 0 Å². The fourth-order valence-electron chi connectivity index (χ4n) is 1.49. The van der Waals surface area contributed by atoms with Crippen LogP contribution in [0.25, 0.3) is 0 Å². The lowest BCUT2D eigenvalue weighted by atomic mass is 10.2. The quantitative estimate of drug-likeness (QED) is 0.760. The Kier molecular flexibility index (Phi) is 3.02. The minimum atomic E-state index is 0.703. The second-order valence-corrected chi connectivity index (χ2v) is 3.32. The third kappa shape index (κ3) is 2.59. The number of imidazole rings is 1. The number of nitrogens with zero attached hydrogens (tertiary/aromatic N) is 2. The summed E-state index contributed by atoms with van der Waals surface area (Å²) in [5.41, 5.74) is 1.22. The smallest absolute Gasteiger partial charge is 0.119 e. The highest BCUT2D eigenvalue weighted by atomic mass is 16.5. The van der Waals surface area contributed by atoms with Gasteiger partial charge in [0.25, 0.3) is 0 Å². The maximum Gasteiger partial charge on any atom is 0.119 e. The first-order valence-electron chi connectivity index (χ1n) is 5.06. The van der Waals surface area contributed by atoms with Crippen LogP contribution in [0.15, 0.2) is 43.0 Å². The topological polar surface area (TPSA) is 27.1 Å². The molecular formula is C12H14N2O. The molecule has 0 spiro atoms. The van der Waals surface area contributed by atoms with E-state index in [1.165, 1.54) is 5.56 Å². The van der Waals surface area contributed by atoms with E-state index in [2.05, 4.69) is 17.1 Å². The predicted molar refractivity (Wildman–Crippen MR) is 58.9 cm³/mol. The summed E-state index contributed by atoms with van der Waals surface area (Å²) in [6, 6.07) is 8.13. The SMILES string of the molecule is CCOc1cccc(Cn2ccnc2)c1. The summed E-state index contributed by atoms with van der Waals surface area (Å²) in [7, 11) is 0. The molecule has 0 fully saturated rings. The molecule has 2 rings (SSSR count). The van der Waals surface area contributed by atoms with Crippen LogP contribution in [0, 0.1) is 0 Å². The second kappa shape index (κ2) is 4.64. The summed E-state index contributed by atoms with van der Waals surface area (Å²) < 4.78 is 7.47. The molecule has 78 valence electrons. The van der Waals surface area contributed by atoms with Gasteiger partial charge < -0.3 is 9.30 Å². The fourth-order valence-corrected chi connectivity index (χ4v) is 1.49. The summed E-state index contributed by atoms with van der Waals surface area (Å²) >= 11 is 0. The van der Waals surface area contributed by atoms with Crippen molar-refractivity contribution < 1.29 is 4.74 Å². The van der Waals surface area contributed by atoms with Gasteiger partial charge in [0, 0.05) is 18.9 Å². The normalized spacial score (nSPS) is 10.2. The zero-order valence-corrected chi connectivity index (χ0v) is 8.76. The molecule has 0 bridgehead atoms. The van der Waals surface area contributed by atoms with Crippen molar-refractivity contribution in [3.05, 3.63) is 48.5 Å². The van der Waals surface area contributed by atoms with Gasteiger partial charge in [-0.3, -0.25) is 0 Å². The minimum absolute atomic E-state index is 0.703. The van der Waals surface area contributed by atoms with E-state index in [9.17, 15) is 0 Å². The van der Waals surface area contributed by atoms with E-state index in [-0.39, 0.29) is 0 Å². The molecule has 0 aliphatic carbocycles. The summed E-state index contributed by atoms with van der Waals surface area (Å²) in [4.78, 5) is 4.01. The van der Waals surface area contributed by atoms with Crippen LogP contribution in [0.5, 0.6) is 5.75 Å². The highest BCUT2D eigenvalue weighted by Crippen LogP contribution is 2.14. The number of aromatic nitrogens is 2. The Bertz CT molecular complexity index is 409. The van der Waals surface area contributed by atoms with Gasteiger partial charge in [-0.2, -0.15) is 0 Å². The van der Waals surface area contributed by atoms with Crippen molar-refractivity contribution in [3.63, 3.8) is 0 Å². The lowest BCUT2D eigenvalue weighted by Gasteiger charge is -2.06. The van der Waals surface area contributed by atoms with Gasteiger partial charge in [-0.25, -0.2) is 4.98 Å². The first-order chi connectivity index (χ1) is 7.38. The van der Waals surface area contributed by atoms with Gasteiger partial charge in [0.2, 0.25) is 0 Å². The third-order valence-corrected chi connectivity index (χ3v) is 2.13. The third-order valence-electron chi connectivity index (χ3n) is 2.13. The maximum absolute atomic E-state index is 5.44. The highest BCUT2D eigenvalue weighted by molar-refractivity contribution is 5.28. The molecule has 0 aliphatic heterocycles. The Hall–Kier alpha value is -1.77. The van der Waals surface area contributed by atoms with E-state index in [1.54, 1.807) is 6.20 Å². The Morgan fingerprint density at radius 3 is 3.07 bits per heavy atom. The monoisotopic (exact) mass is 202 g/mol. The first-order valence-corrected chi connectivity index (χ1v) is 5.06. The van der Waals surface area contributed by atoms with Crippen LogP contribution in [-0.4, -0.2) is 16.2 Å². The van der Waals surface area contributed by atoms with Gasteiger partial charge in [0.1, 0.15) is 5.75 Å². The number of benzene rings is 1. The summed E-state index contributed by atoms with van der Waals surface area (Å²) in [6.07, 6.45) is 5.55. The van der Waals surface area contributed by atoms with Crippen molar-refractivity contribution in [1.29, 1.82) is 0 Å². The van der Waals surface area contributed by atoms with Gasteiger partial charge in [-0.1, -0.05) is 12.1 Å².